The van der Waals surface area contributed by atoms with E-state index in [-0.39, 0.29) is 24.1 Å². The van der Waals surface area contributed by atoms with Crippen molar-refractivity contribution in [1.29, 1.82) is 0 Å². The fourth-order valence-electron chi connectivity index (χ4n) is 2.85. The monoisotopic (exact) mass is 377 g/mol. The summed E-state index contributed by atoms with van der Waals surface area (Å²) in [6.07, 6.45) is 1.09. The molecule has 0 unspecified atom stereocenters. The summed E-state index contributed by atoms with van der Waals surface area (Å²) in [7, 11) is 0. The number of nitrogens with one attached hydrogen (secondary N) is 1. The second kappa shape index (κ2) is 8.50. The largest absolute Gasteiger partial charge is 0.489 e. The highest BCUT2D eigenvalue weighted by Gasteiger charge is 2.27. The van der Waals surface area contributed by atoms with Crippen LogP contribution < -0.4 is 15.8 Å². The Bertz CT molecular complexity index is 674. The zero-order chi connectivity index (χ0) is 20.2. The van der Waals surface area contributed by atoms with Crippen LogP contribution in [0.3, 0.4) is 0 Å². The summed E-state index contributed by atoms with van der Waals surface area (Å²) in [5, 5.41) is 3.02. The van der Waals surface area contributed by atoms with E-state index in [4.69, 9.17) is 15.2 Å². The fraction of sp³-hybridized carbons (Fsp3) is 0.600. The number of anilines is 1. The van der Waals surface area contributed by atoms with Gasteiger partial charge in [-0.2, -0.15) is 0 Å². The topological polar surface area (TPSA) is 93.9 Å². The minimum Gasteiger partial charge on any atom is -0.489 e. The third kappa shape index (κ3) is 6.34. The maximum absolute atomic E-state index is 12.5. The fourth-order valence-corrected chi connectivity index (χ4v) is 2.85. The summed E-state index contributed by atoms with van der Waals surface area (Å²) >= 11 is 0. The molecule has 150 valence electrons. The van der Waals surface area contributed by atoms with E-state index in [0.717, 1.165) is 0 Å². The van der Waals surface area contributed by atoms with Gasteiger partial charge in [-0.25, -0.2) is 4.79 Å². The van der Waals surface area contributed by atoms with Crippen LogP contribution in [0.1, 0.15) is 57.8 Å². The molecular formula is C20H31N3O4. The van der Waals surface area contributed by atoms with Crippen molar-refractivity contribution >= 4 is 17.7 Å². The third-order valence-corrected chi connectivity index (χ3v) is 4.12. The molecule has 0 atom stereocenters. The van der Waals surface area contributed by atoms with E-state index in [1.54, 1.807) is 23.1 Å². The standard InChI is InChI=1S/C20H31N3O4/c1-13(2)26-17-7-6-14(12-16(17)21)18(24)22-15-8-10-23(11-9-15)19(25)27-20(3,4)5/h6-7,12-13,15H,8-11,21H2,1-5H3,(H,22,24). The van der Waals surface area contributed by atoms with Crippen LogP contribution >= 0.6 is 0 Å². The smallest absolute Gasteiger partial charge is 0.410 e. The Morgan fingerprint density at radius 1 is 1.22 bits per heavy atom. The number of likely N-dealkylation sites (tertiary alicyclic amines) is 1. The molecule has 0 aliphatic carbocycles. The third-order valence-electron chi connectivity index (χ3n) is 4.12. The molecule has 1 aromatic carbocycles. The Morgan fingerprint density at radius 2 is 1.85 bits per heavy atom. The molecule has 27 heavy (non-hydrogen) atoms. The Kier molecular flexibility index (Phi) is 6.57. The zero-order valence-corrected chi connectivity index (χ0v) is 16.9. The highest BCUT2D eigenvalue weighted by atomic mass is 16.6. The molecule has 7 heteroatoms. The molecule has 1 aliphatic rings. The van der Waals surface area contributed by atoms with Gasteiger partial charge in [0.1, 0.15) is 11.4 Å². The van der Waals surface area contributed by atoms with Crippen LogP contribution in [0.25, 0.3) is 0 Å². The SMILES string of the molecule is CC(C)Oc1ccc(C(=O)NC2CCN(C(=O)OC(C)(C)C)CC2)cc1N. The van der Waals surface area contributed by atoms with Crippen LogP contribution in [0.2, 0.25) is 0 Å². The van der Waals surface area contributed by atoms with Gasteiger partial charge in [0.05, 0.1) is 11.8 Å². The number of hydrogen-bond acceptors (Lipinski definition) is 5. The van der Waals surface area contributed by atoms with Crippen LogP contribution in [-0.4, -0.2) is 47.7 Å². The zero-order valence-electron chi connectivity index (χ0n) is 16.9. The second-order valence-electron chi connectivity index (χ2n) is 8.13. The van der Waals surface area contributed by atoms with E-state index in [2.05, 4.69) is 5.32 Å². The van der Waals surface area contributed by atoms with E-state index in [1.165, 1.54) is 0 Å². The van der Waals surface area contributed by atoms with E-state index in [0.29, 0.717) is 42.9 Å². The molecule has 1 fully saturated rings. The lowest BCUT2D eigenvalue weighted by atomic mass is 10.0. The number of nitrogen functional groups attached to an aromatic ring is 1. The number of amides is 2. The Labute approximate surface area is 161 Å². The van der Waals surface area contributed by atoms with Crippen molar-refractivity contribution in [2.45, 2.75) is 65.2 Å². The number of nitrogens with two attached hydrogens (primary N) is 1. The molecule has 0 spiro atoms. The highest BCUT2D eigenvalue weighted by molar-refractivity contribution is 5.95. The van der Waals surface area contributed by atoms with Gasteiger partial charge in [0.15, 0.2) is 0 Å². The summed E-state index contributed by atoms with van der Waals surface area (Å²) in [4.78, 5) is 26.3. The Hall–Kier alpha value is -2.44. The van der Waals surface area contributed by atoms with Crippen LogP contribution in [0.5, 0.6) is 5.75 Å². The molecule has 0 radical (unpaired) electrons. The first-order valence-electron chi connectivity index (χ1n) is 9.40. The van der Waals surface area contributed by atoms with Crippen molar-refractivity contribution in [3.63, 3.8) is 0 Å². The first kappa shape index (κ1) is 20.9. The molecule has 7 nitrogen and oxygen atoms in total. The van der Waals surface area contributed by atoms with Crippen molar-refractivity contribution in [3.8, 4) is 5.75 Å². The van der Waals surface area contributed by atoms with Crippen molar-refractivity contribution in [2.24, 2.45) is 0 Å². The normalized spacial score (nSPS) is 15.6. The van der Waals surface area contributed by atoms with Crippen LogP contribution in [0.4, 0.5) is 10.5 Å². The molecule has 1 aromatic rings. The summed E-state index contributed by atoms with van der Waals surface area (Å²) in [6, 6.07) is 5.07. The second-order valence-corrected chi connectivity index (χ2v) is 8.13. The number of piperidine rings is 1. The van der Waals surface area contributed by atoms with Gasteiger partial charge < -0.3 is 25.4 Å². The summed E-state index contributed by atoms with van der Waals surface area (Å²) < 4.78 is 11.0. The molecule has 0 aromatic heterocycles. The molecule has 1 saturated heterocycles. The molecule has 0 bridgehead atoms. The lowest BCUT2D eigenvalue weighted by Crippen LogP contribution is -2.47. The minimum atomic E-state index is -0.506. The van der Waals surface area contributed by atoms with Gasteiger partial charge in [-0.1, -0.05) is 0 Å². The predicted octanol–water partition coefficient (Wildman–Crippen LogP) is 3.19. The average molecular weight is 377 g/mol. The summed E-state index contributed by atoms with van der Waals surface area (Å²) in [5.74, 6) is 0.403. The first-order chi connectivity index (χ1) is 12.5. The van der Waals surface area contributed by atoms with Crippen molar-refractivity contribution in [3.05, 3.63) is 23.8 Å². The number of nitrogens with zero attached hydrogens (tertiary/aromatic N) is 1. The number of ether oxygens (including phenoxy) is 2. The molecule has 2 amide bonds. The number of benzene rings is 1. The van der Waals surface area contributed by atoms with Gasteiger partial charge in [0, 0.05) is 24.7 Å². The Balaban J connectivity index is 1.87. The van der Waals surface area contributed by atoms with E-state index < -0.39 is 5.60 Å². The van der Waals surface area contributed by atoms with Gasteiger partial charge in [0.25, 0.3) is 5.91 Å². The van der Waals surface area contributed by atoms with Crippen LogP contribution in [-0.2, 0) is 4.74 Å². The number of rotatable bonds is 4. The molecule has 0 saturated carbocycles. The highest BCUT2D eigenvalue weighted by Crippen LogP contribution is 2.24. The van der Waals surface area contributed by atoms with Crippen molar-refractivity contribution in [2.75, 3.05) is 18.8 Å². The number of hydrogen-bond donors (Lipinski definition) is 2. The maximum atomic E-state index is 12.5. The molecule has 1 heterocycles. The minimum absolute atomic E-state index is 0.0159. The Morgan fingerprint density at radius 3 is 2.37 bits per heavy atom. The lowest BCUT2D eigenvalue weighted by Gasteiger charge is -2.33. The molecule has 1 aliphatic heterocycles. The van der Waals surface area contributed by atoms with Crippen LogP contribution in [0, 0.1) is 0 Å². The maximum Gasteiger partial charge on any atom is 0.410 e. The van der Waals surface area contributed by atoms with Gasteiger partial charge in [-0.15, -0.1) is 0 Å². The van der Waals surface area contributed by atoms with Gasteiger partial charge in [-0.3, -0.25) is 4.79 Å². The van der Waals surface area contributed by atoms with Crippen molar-refractivity contribution < 1.29 is 19.1 Å². The van der Waals surface area contributed by atoms with E-state index in [1.807, 2.05) is 34.6 Å². The van der Waals surface area contributed by atoms with Gasteiger partial charge >= 0.3 is 6.09 Å². The van der Waals surface area contributed by atoms with Gasteiger partial charge in [0.2, 0.25) is 0 Å². The van der Waals surface area contributed by atoms with E-state index in [9.17, 15) is 9.59 Å². The first-order valence-corrected chi connectivity index (χ1v) is 9.40. The van der Waals surface area contributed by atoms with Crippen LogP contribution in [0.15, 0.2) is 18.2 Å². The molecule has 3 N–H and O–H groups in total. The van der Waals surface area contributed by atoms with E-state index >= 15 is 0 Å². The quantitative estimate of drug-likeness (QED) is 0.786. The average Bonchev–Trinajstić information content (AvgIpc) is 2.55. The molecule has 2 rings (SSSR count). The van der Waals surface area contributed by atoms with Gasteiger partial charge in [-0.05, 0) is 65.7 Å². The number of carbonyl (C=O) groups excluding carboxylic acids is 2. The number of carbonyl (C=O) groups is 2. The summed E-state index contributed by atoms with van der Waals surface area (Å²) in [6.45, 7) is 10.5. The molecular weight excluding hydrogens is 346 g/mol. The predicted molar refractivity (Wildman–Crippen MR) is 105 cm³/mol. The summed E-state index contributed by atoms with van der Waals surface area (Å²) in [5.41, 5.74) is 6.41. The lowest BCUT2D eigenvalue weighted by molar-refractivity contribution is 0.0199. The van der Waals surface area contributed by atoms with Crippen molar-refractivity contribution in [1.82, 2.24) is 10.2 Å².